The maximum atomic E-state index is 12.9. The van der Waals surface area contributed by atoms with Crippen molar-refractivity contribution < 1.29 is 9.90 Å². The van der Waals surface area contributed by atoms with Crippen molar-refractivity contribution in [2.45, 2.75) is 20.3 Å². The lowest BCUT2D eigenvalue weighted by Crippen LogP contribution is -2.08. The van der Waals surface area contributed by atoms with Crippen molar-refractivity contribution in [1.82, 2.24) is 9.38 Å². The number of hydrogen-bond acceptors (Lipinski definition) is 3. The third-order valence-corrected chi connectivity index (χ3v) is 4.48. The van der Waals surface area contributed by atoms with Crippen molar-refractivity contribution in [3.8, 4) is 5.75 Å². The number of hydrogen-bond donors (Lipinski definition) is 1. The van der Waals surface area contributed by atoms with Crippen LogP contribution in [0, 0.1) is 6.92 Å². The Balaban J connectivity index is 2.22. The van der Waals surface area contributed by atoms with E-state index < -0.39 is 0 Å². The SMILES string of the molecule is CCc1nc2cc(C)c(Br)cn2c1C(=O)c1ccc(O)cc1. The van der Waals surface area contributed by atoms with E-state index in [1.54, 1.807) is 12.1 Å². The van der Waals surface area contributed by atoms with Gasteiger partial charge < -0.3 is 5.11 Å². The van der Waals surface area contributed by atoms with Gasteiger partial charge in [0, 0.05) is 16.2 Å². The van der Waals surface area contributed by atoms with E-state index >= 15 is 0 Å². The molecule has 0 aliphatic carbocycles. The quantitative estimate of drug-likeness (QED) is 0.722. The highest BCUT2D eigenvalue weighted by Crippen LogP contribution is 2.23. The van der Waals surface area contributed by atoms with Crippen LogP contribution in [0.5, 0.6) is 5.75 Å². The average Bonchev–Trinajstić information content (AvgIpc) is 2.85. The Labute approximate surface area is 136 Å². The lowest BCUT2D eigenvalue weighted by atomic mass is 10.1. The van der Waals surface area contributed by atoms with Gasteiger partial charge in [-0.3, -0.25) is 9.20 Å². The molecule has 5 heteroatoms. The fourth-order valence-corrected chi connectivity index (χ4v) is 2.76. The minimum absolute atomic E-state index is 0.0971. The van der Waals surface area contributed by atoms with Gasteiger partial charge in [0.1, 0.15) is 17.1 Å². The van der Waals surface area contributed by atoms with E-state index in [0.29, 0.717) is 17.7 Å². The van der Waals surface area contributed by atoms with Gasteiger partial charge in [-0.25, -0.2) is 4.98 Å². The van der Waals surface area contributed by atoms with E-state index in [4.69, 9.17) is 0 Å². The lowest BCUT2D eigenvalue weighted by Gasteiger charge is -2.05. The molecule has 0 spiro atoms. The molecule has 0 bridgehead atoms. The first-order valence-electron chi connectivity index (χ1n) is 7.02. The van der Waals surface area contributed by atoms with Crippen LogP contribution in [0.3, 0.4) is 0 Å². The third kappa shape index (κ3) is 2.41. The number of halogens is 1. The number of aryl methyl sites for hydroxylation is 2. The number of aromatic nitrogens is 2. The zero-order valence-electron chi connectivity index (χ0n) is 12.3. The molecule has 0 amide bonds. The molecule has 0 radical (unpaired) electrons. The van der Waals surface area contributed by atoms with Gasteiger partial charge in [0.05, 0.1) is 5.69 Å². The summed E-state index contributed by atoms with van der Waals surface area (Å²) in [5.41, 5.74) is 3.72. The monoisotopic (exact) mass is 358 g/mol. The van der Waals surface area contributed by atoms with E-state index in [-0.39, 0.29) is 11.5 Å². The van der Waals surface area contributed by atoms with Crippen LogP contribution in [0.15, 0.2) is 41.0 Å². The fraction of sp³-hybridized carbons (Fsp3) is 0.176. The van der Waals surface area contributed by atoms with Crippen LogP contribution in [0.25, 0.3) is 5.65 Å². The second-order valence-corrected chi connectivity index (χ2v) is 6.02. The first-order chi connectivity index (χ1) is 10.5. The highest BCUT2D eigenvalue weighted by Gasteiger charge is 2.20. The first kappa shape index (κ1) is 14.8. The number of fused-ring (bicyclic) bond motifs is 1. The normalized spacial score (nSPS) is 11.0. The molecule has 1 N–H and O–H groups in total. The van der Waals surface area contributed by atoms with Crippen LogP contribution in [0.4, 0.5) is 0 Å². The number of imidazole rings is 1. The number of carbonyl (C=O) groups excluding carboxylic acids is 1. The zero-order chi connectivity index (χ0) is 15.9. The Morgan fingerprint density at radius 3 is 2.64 bits per heavy atom. The summed E-state index contributed by atoms with van der Waals surface area (Å²) in [6, 6.07) is 8.24. The molecule has 0 aliphatic rings. The molecule has 0 atom stereocenters. The summed E-state index contributed by atoms with van der Waals surface area (Å²) >= 11 is 3.50. The number of phenolic OH excluding ortho intramolecular Hbond substituents is 1. The number of benzene rings is 1. The topological polar surface area (TPSA) is 54.6 Å². The molecule has 2 heterocycles. The molecular weight excluding hydrogens is 344 g/mol. The standard InChI is InChI=1S/C17H15BrN2O2/c1-3-14-16(17(22)11-4-6-12(21)7-5-11)20-9-13(18)10(2)8-15(20)19-14/h4-9,21H,3H2,1-2H3. The van der Waals surface area contributed by atoms with Gasteiger partial charge in [-0.2, -0.15) is 0 Å². The van der Waals surface area contributed by atoms with Gasteiger partial charge in [-0.1, -0.05) is 6.92 Å². The average molecular weight is 359 g/mol. The van der Waals surface area contributed by atoms with E-state index in [1.807, 2.05) is 30.5 Å². The van der Waals surface area contributed by atoms with E-state index in [0.717, 1.165) is 21.4 Å². The maximum Gasteiger partial charge on any atom is 0.211 e. The van der Waals surface area contributed by atoms with Gasteiger partial charge in [0.15, 0.2) is 0 Å². The highest BCUT2D eigenvalue weighted by molar-refractivity contribution is 9.10. The Kier molecular flexibility index (Phi) is 3.74. The van der Waals surface area contributed by atoms with E-state index in [9.17, 15) is 9.90 Å². The molecular formula is C17H15BrN2O2. The highest BCUT2D eigenvalue weighted by atomic mass is 79.9. The Bertz CT molecular complexity index is 866. The molecule has 0 saturated heterocycles. The van der Waals surface area contributed by atoms with Crippen LogP contribution < -0.4 is 0 Å². The Morgan fingerprint density at radius 1 is 1.32 bits per heavy atom. The predicted molar refractivity (Wildman–Crippen MR) is 88.5 cm³/mol. The van der Waals surface area contributed by atoms with Crippen molar-refractivity contribution in [2.24, 2.45) is 0 Å². The summed E-state index contributed by atoms with van der Waals surface area (Å²) in [6.07, 6.45) is 2.56. The molecule has 0 saturated carbocycles. The molecule has 0 aliphatic heterocycles. The van der Waals surface area contributed by atoms with Crippen LogP contribution in [-0.2, 0) is 6.42 Å². The lowest BCUT2D eigenvalue weighted by molar-refractivity contribution is 0.103. The molecule has 3 rings (SSSR count). The van der Waals surface area contributed by atoms with Crippen LogP contribution in [0.1, 0.15) is 34.2 Å². The van der Waals surface area contributed by atoms with Gasteiger partial charge >= 0.3 is 0 Å². The first-order valence-corrected chi connectivity index (χ1v) is 7.81. The van der Waals surface area contributed by atoms with Gasteiger partial charge in [0.2, 0.25) is 5.78 Å². The maximum absolute atomic E-state index is 12.9. The molecule has 0 fully saturated rings. The Morgan fingerprint density at radius 2 is 2.00 bits per heavy atom. The van der Waals surface area contributed by atoms with Crippen molar-refractivity contribution in [3.63, 3.8) is 0 Å². The summed E-state index contributed by atoms with van der Waals surface area (Å²) in [6.45, 7) is 3.98. The Hall–Kier alpha value is -2.14. The molecule has 0 unspecified atom stereocenters. The number of carbonyl (C=O) groups is 1. The molecule has 4 nitrogen and oxygen atoms in total. The van der Waals surface area contributed by atoms with Crippen LogP contribution in [-0.4, -0.2) is 20.3 Å². The summed E-state index contributed by atoms with van der Waals surface area (Å²) in [4.78, 5) is 17.4. The van der Waals surface area contributed by atoms with Crippen LogP contribution in [0.2, 0.25) is 0 Å². The van der Waals surface area contributed by atoms with E-state index in [2.05, 4.69) is 20.9 Å². The summed E-state index contributed by atoms with van der Waals surface area (Å²) in [5, 5.41) is 9.37. The largest absolute Gasteiger partial charge is 0.508 e. The summed E-state index contributed by atoms with van der Waals surface area (Å²) < 4.78 is 2.75. The number of ketones is 1. The van der Waals surface area contributed by atoms with E-state index in [1.165, 1.54) is 12.1 Å². The number of aromatic hydroxyl groups is 1. The van der Waals surface area contributed by atoms with Crippen molar-refractivity contribution in [1.29, 1.82) is 0 Å². The number of nitrogens with zero attached hydrogens (tertiary/aromatic N) is 2. The van der Waals surface area contributed by atoms with Crippen molar-refractivity contribution in [2.75, 3.05) is 0 Å². The van der Waals surface area contributed by atoms with Crippen LogP contribution >= 0.6 is 15.9 Å². The summed E-state index contributed by atoms with van der Waals surface area (Å²) in [5.74, 6) is 0.0453. The number of rotatable bonds is 3. The number of phenols is 1. The predicted octanol–water partition coefficient (Wildman–Crippen LogP) is 3.90. The molecule has 2 aromatic heterocycles. The number of pyridine rings is 1. The van der Waals surface area contributed by atoms with Gasteiger partial charge in [0.25, 0.3) is 0 Å². The smallest absolute Gasteiger partial charge is 0.211 e. The van der Waals surface area contributed by atoms with Crippen molar-refractivity contribution >= 4 is 27.4 Å². The molecule has 112 valence electrons. The molecule has 22 heavy (non-hydrogen) atoms. The summed E-state index contributed by atoms with van der Waals surface area (Å²) in [7, 11) is 0. The second kappa shape index (κ2) is 5.57. The third-order valence-electron chi connectivity index (χ3n) is 3.65. The second-order valence-electron chi connectivity index (χ2n) is 5.17. The minimum atomic E-state index is -0.0971. The van der Waals surface area contributed by atoms with Gasteiger partial charge in [-0.15, -0.1) is 0 Å². The minimum Gasteiger partial charge on any atom is -0.508 e. The zero-order valence-corrected chi connectivity index (χ0v) is 13.9. The molecule has 1 aromatic carbocycles. The molecule has 3 aromatic rings. The van der Waals surface area contributed by atoms with Gasteiger partial charge in [-0.05, 0) is 65.2 Å². The van der Waals surface area contributed by atoms with Crippen molar-refractivity contribution in [3.05, 3.63) is 63.5 Å². The fourth-order valence-electron chi connectivity index (χ4n) is 2.45.